The maximum Gasteiger partial charge on any atom is 0.251 e. The first-order valence-corrected chi connectivity index (χ1v) is 21.1. The van der Waals surface area contributed by atoms with E-state index in [9.17, 15) is 19.2 Å². The summed E-state index contributed by atoms with van der Waals surface area (Å²) in [7, 11) is 0. The van der Waals surface area contributed by atoms with Crippen LogP contribution in [0.2, 0.25) is 0 Å². The van der Waals surface area contributed by atoms with Crippen LogP contribution in [0, 0.1) is 20.8 Å². The second-order valence-electron chi connectivity index (χ2n) is 15.0. The summed E-state index contributed by atoms with van der Waals surface area (Å²) in [4.78, 5) is 59.8. The van der Waals surface area contributed by atoms with Crippen molar-refractivity contribution in [1.82, 2.24) is 30.7 Å². The molecule has 0 aliphatic carbocycles. The highest BCUT2D eigenvalue weighted by Crippen LogP contribution is 2.41. The summed E-state index contributed by atoms with van der Waals surface area (Å²) in [5, 5.41) is 22.2. The van der Waals surface area contributed by atoms with Gasteiger partial charge in [-0.2, -0.15) is 0 Å². The summed E-state index contributed by atoms with van der Waals surface area (Å²) in [5.74, 6) is 0.952. The zero-order valence-electron chi connectivity index (χ0n) is 34.4. The van der Waals surface area contributed by atoms with Gasteiger partial charge in [-0.3, -0.25) is 28.7 Å². The van der Waals surface area contributed by atoms with Gasteiger partial charge in [-0.1, -0.05) is 37.3 Å². The standard InChI is InChI=1S/C45H51N9O4S/c1-7-39(56)53-26(3)24-35(34-12-9-10-13-37(34)53)49-33-20-18-32(19-21-33)44(58)48-23-11-22-47-43(57)31-16-14-30(15-17-31)41-40-27(4)28(5)59-45(40)54-29(6)51-52-42(54)36(50-41)25-38(55)46-8-2/h9-10,12-21,26,35-36,49H,7-8,11,22-25H2,1-6H3,(H,46,55)(H,47,57)(H,48,58)/t26-,35+,36-/m0/s1. The van der Waals surface area contributed by atoms with E-state index in [1.807, 2.05) is 72.7 Å². The third-order valence-corrected chi connectivity index (χ3v) is 12.2. The lowest BCUT2D eigenvalue weighted by molar-refractivity contribution is -0.121. The number of nitrogens with zero attached hydrogens (tertiary/aromatic N) is 5. The van der Waals surface area contributed by atoms with Crippen molar-refractivity contribution < 1.29 is 19.2 Å². The number of amides is 4. The van der Waals surface area contributed by atoms with Crippen molar-refractivity contribution in [3.05, 3.63) is 123 Å². The number of anilines is 2. The fraction of sp³-hybridized carbons (Fsp3) is 0.356. The number of benzene rings is 3. The number of nitrogens with one attached hydrogen (secondary N) is 4. The molecule has 4 N–H and O–H groups in total. The summed E-state index contributed by atoms with van der Waals surface area (Å²) >= 11 is 1.65. The molecule has 2 aromatic heterocycles. The van der Waals surface area contributed by atoms with E-state index in [-0.39, 0.29) is 42.1 Å². The van der Waals surface area contributed by atoms with Gasteiger partial charge in [0.05, 0.1) is 18.2 Å². The number of aryl methyl sites for hydroxylation is 2. The third kappa shape index (κ3) is 8.54. The lowest BCUT2D eigenvalue weighted by Crippen LogP contribution is -2.44. The molecule has 59 heavy (non-hydrogen) atoms. The van der Waals surface area contributed by atoms with Crippen molar-refractivity contribution in [3.63, 3.8) is 0 Å². The van der Waals surface area contributed by atoms with Gasteiger partial charge in [0.25, 0.3) is 11.8 Å². The molecule has 0 saturated heterocycles. The third-order valence-electron chi connectivity index (χ3n) is 11.0. The topological polar surface area (TPSA) is 163 Å². The predicted molar refractivity (Wildman–Crippen MR) is 232 cm³/mol. The summed E-state index contributed by atoms with van der Waals surface area (Å²) in [6, 6.07) is 22.3. The van der Waals surface area contributed by atoms with Gasteiger partial charge in [0.15, 0.2) is 5.82 Å². The van der Waals surface area contributed by atoms with Crippen molar-refractivity contribution in [2.45, 2.75) is 85.4 Å². The number of aliphatic imine (C=N–C) groups is 1. The zero-order chi connectivity index (χ0) is 41.8. The largest absolute Gasteiger partial charge is 0.378 e. The molecule has 7 rings (SSSR count). The average molecular weight is 814 g/mol. The second kappa shape index (κ2) is 17.8. The number of hydrogen-bond donors (Lipinski definition) is 4. The molecule has 4 heterocycles. The molecule has 0 saturated carbocycles. The Labute approximate surface area is 348 Å². The first-order valence-electron chi connectivity index (χ1n) is 20.3. The summed E-state index contributed by atoms with van der Waals surface area (Å²) in [6.07, 6.45) is 1.91. The van der Waals surface area contributed by atoms with E-state index in [4.69, 9.17) is 4.99 Å². The van der Waals surface area contributed by atoms with E-state index >= 15 is 0 Å². The molecule has 3 aromatic carbocycles. The Bertz CT molecular complexity index is 2400. The Balaban J connectivity index is 0.933. The smallest absolute Gasteiger partial charge is 0.251 e. The van der Waals surface area contributed by atoms with E-state index in [0.29, 0.717) is 49.4 Å². The summed E-state index contributed by atoms with van der Waals surface area (Å²) in [5.41, 5.74) is 7.61. The van der Waals surface area contributed by atoms with Gasteiger partial charge >= 0.3 is 0 Å². The number of hydrogen-bond acceptors (Lipinski definition) is 9. The van der Waals surface area contributed by atoms with Crippen molar-refractivity contribution >= 4 is 52.1 Å². The van der Waals surface area contributed by atoms with Crippen LogP contribution in [0.1, 0.15) is 118 Å². The van der Waals surface area contributed by atoms with Crippen LogP contribution >= 0.6 is 11.3 Å². The second-order valence-corrected chi connectivity index (χ2v) is 16.2. The SMILES string of the molecule is CCNC(=O)C[C@@H]1N=C(c2ccc(C(=O)NCCCNC(=O)c3ccc(N[C@@H]4C[C@H](C)N(C(=O)CC)c5ccccc54)cc3)cc2)c2c(sc(C)c2C)-n2c(C)nnc21. The van der Waals surface area contributed by atoms with Crippen LogP contribution in [0.4, 0.5) is 11.4 Å². The molecule has 306 valence electrons. The average Bonchev–Trinajstić information content (AvgIpc) is 3.72. The monoisotopic (exact) mass is 813 g/mol. The fourth-order valence-corrected chi connectivity index (χ4v) is 9.08. The number of fused-ring (bicyclic) bond motifs is 4. The Kier molecular flexibility index (Phi) is 12.4. The van der Waals surface area contributed by atoms with Gasteiger partial charge in [-0.25, -0.2) is 0 Å². The fourth-order valence-electron chi connectivity index (χ4n) is 7.86. The Morgan fingerprint density at radius 2 is 1.49 bits per heavy atom. The van der Waals surface area contributed by atoms with Gasteiger partial charge in [0.2, 0.25) is 11.8 Å². The van der Waals surface area contributed by atoms with Crippen LogP contribution in [0.5, 0.6) is 0 Å². The van der Waals surface area contributed by atoms with Gasteiger partial charge in [0, 0.05) is 70.6 Å². The number of thiophene rings is 1. The Morgan fingerprint density at radius 1 is 0.831 bits per heavy atom. The molecular formula is C45H51N9O4S. The van der Waals surface area contributed by atoms with Crippen molar-refractivity contribution in [2.75, 3.05) is 29.9 Å². The van der Waals surface area contributed by atoms with Gasteiger partial charge in [0.1, 0.15) is 16.9 Å². The predicted octanol–water partition coefficient (Wildman–Crippen LogP) is 6.91. The first kappa shape index (κ1) is 41.0. The first-order chi connectivity index (χ1) is 28.5. The van der Waals surface area contributed by atoms with E-state index in [1.54, 1.807) is 35.6 Å². The molecule has 5 aromatic rings. The van der Waals surface area contributed by atoms with Crippen LogP contribution in [0.15, 0.2) is 77.8 Å². The Hall–Kier alpha value is -6.15. The highest BCUT2D eigenvalue weighted by Gasteiger charge is 2.34. The molecule has 0 fully saturated rings. The highest BCUT2D eigenvalue weighted by molar-refractivity contribution is 7.15. The van der Waals surface area contributed by atoms with E-state index in [2.05, 4.69) is 58.3 Å². The maximum absolute atomic E-state index is 13.2. The van der Waals surface area contributed by atoms with Crippen LogP contribution in [0.25, 0.3) is 5.00 Å². The molecule has 2 aliphatic rings. The number of aromatic nitrogens is 3. The van der Waals surface area contributed by atoms with Crippen LogP contribution in [-0.4, -0.2) is 69.8 Å². The molecule has 0 spiro atoms. The highest BCUT2D eigenvalue weighted by atomic mass is 32.1. The number of carbonyl (C=O) groups excluding carboxylic acids is 4. The van der Waals surface area contributed by atoms with Crippen LogP contribution in [-0.2, 0) is 9.59 Å². The minimum atomic E-state index is -0.543. The molecule has 0 unspecified atom stereocenters. The molecule has 14 heteroatoms. The maximum atomic E-state index is 13.2. The molecule has 4 amide bonds. The molecule has 3 atom stereocenters. The van der Waals surface area contributed by atoms with Crippen LogP contribution in [0.3, 0.4) is 0 Å². The Morgan fingerprint density at radius 3 is 2.15 bits per heavy atom. The lowest BCUT2D eigenvalue weighted by atomic mass is 9.91. The van der Waals surface area contributed by atoms with E-state index < -0.39 is 6.04 Å². The van der Waals surface area contributed by atoms with Crippen LogP contribution < -0.4 is 26.2 Å². The van der Waals surface area contributed by atoms with Crippen molar-refractivity contribution in [1.29, 1.82) is 0 Å². The molecule has 0 radical (unpaired) electrons. The van der Waals surface area contributed by atoms with Gasteiger partial charge < -0.3 is 26.2 Å². The van der Waals surface area contributed by atoms with E-state index in [0.717, 1.165) is 61.5 Å². The normalized spacial score (nSPS) is 16.8. The lowest BCUT2D eigenvalue weighted by Gasteiger charge is -2.40. The van der Waals surface area contributed by atoms with Gasteiger partial charge in [-0.15, -0.1) is 21.5 Å². The van der Waals surface area contributed by atoms with Crippen molar-refractivity contribution in [3.8, 4) is 5.00 Å². The molecule has 2 aliphatic heterocycles. The van der Waals surface area contributed by atoms with E-state index in [1.165, 1.54) is 0 Å². The number of carbonyl (C=O) groups is 4. The quantitative estimate of drug-likeness (QED) is 0.0940. The number of para-hydroxylation sites is 1. The number of rotatable bonds is 13. The zero-order valence-corrected chi connectivity index (χ0v) is 35.2. The molecule has 13 nitrogen and oxygen atoms in total. The van der Waals surface area contributed by atoms with Crippen molar-refractivity contribution in [2.24, 2.45) is 4.99 Å². The molecule has 0 bridgehead atoms. The minimum Gasteiger partial charge on any atom is -0.378 e. The van der Waals surface area contributed by atoms with Gasteiger partial charge in [-0.05, 0) is 101 Å². The molecular weight excluding hydrogens is 763 g/mol. The summed E-state index contributed by atoms with van der Waals surface area (Å²) in [6.45, 7) is 13.2. The summed E-state index contributed by atoms with van der Waals surface area (Å²) < 4.78 is 2.02. The minimum absolute atomic E-state index is 0.0295.